The smallest absolute Gasteiger partial charge is 0.0475 e. The summed E-state index contributed by atoms with van der Waals surface area (Å²) in [6.07, 6.45) is 0.792. The van der Waals surface area contributed by atoms with Gasteiger partial charge in [-0.2, -0.15) is 0 Å². The fraction of sp³-hybridized carbons (Fsp3) is 0.600. The van der Waals surface area contributed by atoms with E-state index in [2.05, 4.69) is 49.9 Å². The molecule has 1 rings (SSSR count). The molecular formula is C15H26N2O. The van der Waals surface area contributed by atoms with Crippen LogP contribution in [0.4, 0.5) is 0 Å². The standard InChI is InChI=1S/C15H26N2O/c1-12(2)17(9-6-10-18)15(11-16)14-8-5-4-7-13(14)3/h4-5,7-8,12,15,18H,6,9-11,16H2,1-3H3. The van der Waals surface area contributed by atoms with Gasteiger partial charge in [-0.15, -0.1) is 0 Å². The number of aliphatic hydroxyl groups is 1. The Labute approximate surface area is 111 Å². The van der Waals surface area contributed by atoms with Crippen molar-refractivity contribution in [2.24, 2.45) is 5.73 Å². The zero-order valence-electron chi connectivity index (χ0n) is 11.8. The summed E-state index contributed by atoms with van der Waals surface area (Å²) in [5.41, 5.74) is 8.56. The molecule has 0 heterocycles. The number of aryl methyl sites for hydroxylation is 1. The lowest BCUT2D eigenvalue weighted by molar-refractivity contribution is 0.140. The van der Waals surface area contributed by atoms with Crippen LogP contribution in [0.25, 0.3) is 0 Å². The van der Waals surface area contributed by atoms with E-state index in [1.54, 1.807) is 0 Å². The summed E-state index contributed by atoms with van der Waals surface area (Å²) in [6.45, 7) is 8.20. The summed E-state index contributed by atoms with van der Waals surface area (Å²) >= 11 is 0. The molecule has 1 aromatic carbocycles. The molecule has 1 aromatic rings. The Kier molecular flexibility index (Phi) is 6.33. The van der Waals surface area contributed by atoms with Gasteiger partial charge in [0.1, 0.15) is 0 Å². The maximum atomic E-state index is 9.02. The topological polar surface area (TPSA) is 49.5 Å². The normalized spacial score (nSPS) is 13.3. The summed E-state index contributed by atoms with van der Waals surface area (Å²) in [6, 6.07) is 9.06. The summed E-state index contributed by atoms with van der Waals surface area (Å²) in [7, 11) is 0. The minimum Gasteiger partial charge on any atom is -0.396 e. The van der Waals surface area contributed by atoms with Gasteiger partial charge in [0.25, 0.3) is 0 Å². The molecule has 1 unspecified atom stereocenters. The van der Waals surface area contributed by atoms with Crippen molar-refractivity contribution in [1.82, 2.24) is 4.90 Å². The third kappa shape index (κ3) is 3.80. The van der Waals surface area contributed by atoms with Crippen molar-refractivity contribution >= 4 is 0 Å². The van der Waals surface area contributed by atoms with Gasteiger partial charge in [0.2, 0.25) is 0 Å². The van der Waals surface area contributed by atoms with Crippen molar-refractivity contribution in [3.05, 3.63) is 35.4 Å². The molecule has 3 heteroatoms. The second kappa shape index (κ2) is 7.52. The quantitative estimate of drug-likeness (QED) is 0.779. The van der Waals surface area contributed by atoms with Crippen LogP contribution in [-0.4, -0.2) is 35.7 Å². The van der Waals surface area contributed by atoms with Gasteiger partial charge in [-0.3, -0.25) is 4.90 Å². The molecule has 0 aromatic heterocycles. The summed E-state index contributed by atoms with van der Waals surface area (Å²) < 4.78 is 0. The minimum absolute atomic E-state index is 0.230. The number of hydrogen-bond donors (Lipinski definition) is 2. The van der Waals surface area contributed by atoms with Crippen LogP contribution >= 0.6 is 0 Å². The van der Waals surface area contributed by atoms with Crippen LogP contribution in [0, 0.1) is 6.92 Å². The fourth-order valence-corrected chi connectivity index (χ4v) is 2.43. The van der Waals surface area contributed by atoms with E-state index in [0.29, 0.717) is 12.6 Å². The first-order valence-electron chi connectivity index (χ1n) is 6.74. The largest absolute Gasteiger partial charge is 0.396 e. The fourth-order valence-electron chi connectivity index (χ4n) is 2.43. The van der Waals surface area contributed by atoms with E-state index in [4.69, 9.17) is 10.8 Å². The highest BCUT2D eigenvalue weighted by molar-refractivity contribution is 5.29. The van der Waals surface area contributed by atoms with Crippen molar-refractivity contribution in [3.63, 3.8) is 0 Å². The molecule has 0 aliphatic rings. The molecule has 102 valence electrons. The van der Waals surface area contributed by atoms with E-state index in [-0.39, 0.29) is 12.6 Å². The summed E-state index contributed by atoms with van der Waals surface area (Å²) in [4.78, 5) is 2.37. The number of hydrogen-bond acceptors (Lipinski definition) is 3. The van der Waals surface area contributed by atoms with Crippen molar-refractivity contribution < 1.29 is 5.11 Å². The first kappa shape index (κ1) is 15.2. The van der Waals surface area contributed by atoms with Crippen LogP contribution in [0.5, 0.6) is 0 Å². The molecule has 3 nitrogen and oxygen atoms in total. The Hall–Kier alpha value is -0.900. The number of rotatable bonds is 7. The van der Waals surface area contributed by atoms with Gasteiger partial charge in [-0.05, 0) is 38.3 Å². The first-order chi connectivity index (χ1) is 8.61. The van der Waals surface area contributed by atoms with Gasteiger partial charge in [0.15, 0.2) is 0 Å². The van der Waals surface area contributed by atoms with Crippen LogP contribution in [-0.2, 0) is 0 Å². The Morgan fingerprint density at radius 3 is 2.44 bits per heavy atom. The molecule has 0 spiro atoms. The second-order valence-electron chi connectivity index (χ2n) is 5.02. The van der Waals surface area contributed by atoms with E-state index in [1.807, 2.05) is 0 Å². The van der Waals surface area contributed by atoms with Crippen LogP contribution in [0.1, 0.15) is 37.4 Å². The monoisotopic (exact) mass is 250 g/mol. The van der Waals surface area contributed by atoms with E-state index in [9.17, 15) is 0 Å². The van der Waals surface area contributed by atoms with E-state index >= 15 is 0 Å². The maximum absolute atomic E-state index is 9.02. The molecule has 18 heavy (non-hydrogen) atoms. The molecule has 1 atom stereocenters. The lowest BCUT2D eigenvalue weighted by atomic mass is 9.98. The molecule has 3 N–H and O–H groups in total. The molecule has 0 saturated carbocycles. The number of benzene rings is 1. The van der Waals surface area contributed by atoms with Gasteiger partial charge in [0.05, 0.1) is 0 Å². The van der Waals surface area contributed by atoms with Crippen molar-refractivity contribution in [2.45, 2.75) is 39.3 Å². The van der Waals surface area contributed by atoms with Crippen molar-refractivity contribution in [2.75, 3.05) is 19.7 Å². The highest BCUT2D eigenvalue weighted by Crippen LogP contribution is 2.24. The molecule has 0 aliphatic carbocycles. The Morgan fingerprint density at radius 1 is 1.28 bits per heavy atom. The summed E-state index contributed by atoms with van der Waals surface area (Å²) in [5, 5.41) is 9.02. The third-order valence-corrected chi connectivity index (χ3v) is 3.41. The first-order valence-corrected chi connectivity index (χ1v) is 6.74. The predicted molar refractivity (Wildman–Crippen MR) is 76.5 cm³/mol. The Morgan fingerprint density at radius 2 is 1.94 bits per heavy atom. The van der Waals surface area contributed by atoms with E-state index in [1.165, 1.54) is 11.1 Å². The average Bonchev–Trinajstić information content (AvgIpc) is 2.35. The molecule has 0 bridgehead atoms. The van der Waals surface area contributed by atoms with Gasteiger partial charge >= 0.3 is 0 Å². The predicted octanol–water partition coefficient (Wildman–Crippen LogP) is 2.09. The number of nitrogens with two attached hydrogens (primary N) is 1. The van der Waals surface area contributed by atoms with Gasteiger partial charge in [-0.25, -0.2) is 0 Å². The molecule has 0 aliphatic heterocycles. The van der Waals surface area contributed by atoms with Gasteiger partial charge in [0, 0.05) is 31.8 Å². The lowest BCUT2D eigenvalue weighted by Gasteiger charge is -2.35. The third-order valence-electron chi connectivity index (χ3n) is 3.41. The Balaban J connectivity index is 2.95. The zero-order chi connectivity index (χ0) is 13.5. The van der Waals surface area contributed by atoms with Crippen LogP contribution in [0.15, 0.2) is 24.3 Å². The highest BCUT2D eigenvalue weighted by atomic mass is 16.3. The lowest BCUT2D eigenvalue weighted by Crippen LogP contribution is -2.40. The minimum atomic E-state index is 0.230. The average molecular weight is 250 g/mol. The number of nitrogens with zero attached hydrogens (tertiary/aromatic N) is 1. The molecule has 0 fully saturated rings. The van der Waals surface area contributed by atoms with Gasteiger partial charge < -0.3 is 10.8 Å². The molecule has 0 saturated heterocycles. The molecule has 0 amide bonds. The molecular weight excluding hydrogens is 224 g/mol. The summed E-state index contributed by atoms with van der Waals surface area (Å²) in [5.74, 6) is 0. The zero-order valence-corrected chi connectivity index (χ0v) is 11.8. The Bertz CT molecular complexity index is 352. The van der Waals surface area contributed by atoms with Crippen molar-refractivity contribution in [1.29, 1.82) is 0 Å². The van der Waals surface area contributed by atoms with Gasteiger partial charge in [-0.1, -0.05) is 24.3 Å². The van der Waals surface area contributed by atoms with E-state index in [0.717, 1.165) is 13.0 Å². The van der Waals surface area contributed by atoms with Crippen LogP contribution in [0.3, 0.4) is 0 Å². The second-order valence-corrected chi connectivity index (χ2v) is 5.02. The number of aliphatic hydroxyl groups excluding tert-OH is 1. The maximum Gasteiger partial charge on any atom is 0.0475 e. The van der Waals surface area contributed by atoms with Crippen LogP contribution < -0.4 is 5.73 Å². The SMILES string of the molecule is Cc1ccccc1C(CN)N(CCCO)C(C)C. The van der Waals surface area contributed by atoms with Crippen molar-refractivity contribution in [3.8, 4) is 0 Å². The molecule has 0 radical (unpaired) electrons. The van der Waals surface area contributed by atoms with E-state index < -0.39 is 0 Å². The van der Waals surface area contributed by atoms with Crippen LogP contribution in [0.2, 0.25) is 0 Å². The highest BCUT2D eigenvalue weighted by Gasteiger charge is 2.22.